The molecule has 0 atom stereocenters. The molecule has 78 valence electrons. The van der Waals surface area contributed by atoms with Crippen LogP contribution in [0.2, 0.25) is 5.15 Å². The highest BCUT2D eigenvalue weighted by molar-refractivity contribution is 6.31. The molecule has 5 heteroatoms. The number of nitrogens with zero attached hydrogens (tertiary/aromatic N) is 3. The van der Waals surface area contributed by atoms with Crippen molar-refractivity contribution in [1.29, 1.82) is 5.26 Å². The van der Waals surface area contributed by atoms with E-state index >= 15 is 0 Å². The van der Waals surface area contributed by atoms with E-state index in [1.54, 1.807) is 24.4 Å². The average Bonchev–Trinajstić information content (AvgIpc) is 2.31. The summed E-state index contributed by atoms with van der Waals surface area (Å²) in [5, 5.41) is 8.97. The Kier molecular flexibility index (Phi) is 2.71. The van der Waals surface area contributed by atoms with Crippen LogP contribution in [-0.2, 0) is 0 Å². The van der Waals surface area contributed by atoms with E-state index in [-0.39, 0.29) is 10.7 Å². The smallest absolute Gasteiger partial charge is 0.273 e. The van der Waals surface area contributed by atoms with Gasteiger partial charge in [0.1, 0.15) is 11.6 Å². The lowest BCUT2D eigenvalue weighted by Gasteiger charge is -2.06. The first-order valence-electron chi connectivity index (χ1n) is 4.46. The largest absolute Gasteiger partial charge is 0.280 e. The standard InChI is InChI=1S/C11H6ClN3O/c12-10-9(4-1-5-14-10)15-6-2-3-8(7-13)11(15)16/h1-6H. The third-order valence-electron chi connectivity index (χ3n) is 2.07. The van der Waals surface area contributed by atoms with E-state index in [0.717, 1.165) is 0 Å². The lowest BCUT2D eigenvalue weighted by Crippen LogP contribution is -2.20. The first-order chi connectivity index (χ1) is 7.74. The van der Waals surface area contributed by atoms with Crippen molar-refractivity contribution in [2.75, 3.05) is 0 Å². The summed E-state index contributed by atoms with van der Waals surface area (Å²) in [7, 11) is 0. The number of rotatable bonds is 1. The maximum atomic E-state index is 11.8. The summed E-state index contributed by atoms with van der Waals surface area (Å²) in [6, 6.07) is 8.24. The molecule has 0 aliphatic rings. The van der Waals surface area contributed by atoms with E-state index in [2.05, 4.69) is 4.98 Å². The minimum Gasteiger partial charge on any atom is -0.280 e. The van der Waals surface area contributed by atoms with Crippen LogP contribution >= 0.6 is 11.6 Å². The third kappa shape index (κ3) is 1.69. The Morgan fingerprint density at radius 2 is 2.19 bits per heavy atom. The van der Waals surface area contributed by atoms with Crippen molar-refractivity contribution in [2.45, 2.75) is 0 Å². The van der Waals surface area contributed by atoms with Gasteiger partial charge in [-0.15, -0.1) is 0 Å². The fourth-order valence-corrected chi connectivity index (χ4v) is 1.54. The van der Waals surface area contributed by atoms with Gasteiger partial charge < -0.3 is 0 Å². The predicted octanol–water partition coefficient (Wildman–Crippen LogP) is 1.76. The number of pyridine rings is 2. The molecule has 2 rings (SSSR count). The number of nitriles is 1. The van der Waals surface area contributed by atoms with Crippen molar-refractivity contribution in [2.24, 2.45) is 0 Å². The van der Waals surface area contributed by atoms with Crippen LogP contribution in [0.15, 0.2) is 41.5 Å². The summed E-state index contributed by atoms with van der Waals surface area (Å²) in [5.74, 6) is 0. The summed E-state index contributed by atoms with van der Waals surface area (Å²) in [4.78, 5) is 15.7. The summed E-state index contributed by atoms with van der Waals surface area (Å²) < 4.78 is 1.30. The number of aromatic nitrogens is 2. The molecule has 0 saturated heterocycles. The van der Waals surface area contributed by atoms with E-state index in [4.69, 9.17) is 16.9 Å². The fraction of sp³-hybridized carbons (Fsp3) is 0. The number of hydrogen-bond acceptors (Lipinski definition) is 3. The Hall–Kier alpha value is -2.12. The van der Waals surface area contributed by atoms with Gasteiger partial charge in [0.2, 0.25) is 0 Å². The highest BCUT2D eigenvalue weighted by Gasteiger charge is 2.07. The van der Waals surface area contributed by atoms with E-state index in [1.807, 2.05) is 6.07 Å². The normalized spacial score (nSPS) is 9.75. The van der Waals surface area contributed by atoms with Crippen molar-refractivity contribution < 1.29 is 0 Å². The van der Waals surface area contributed by atoms with Crippen molar-refractivity contribution in [3.63, 3.8) is 0 Å². The molecule has 2 aromatic rings. The SMILES string of the molecule is N#Cc1cccn(-c2cccnc2Cl)c1=O. The van der Waals surface area contributed by atoms with E-state index < -0.39 is 5.56 Å². The van der Waals surface area contributed by atoms with Crippen LogP contribution in [0.3, 0.4) is 0 Å². The van der Waals surface area contributed by atoms with Crippen LogP contribution in [0, 0.1) is 11.3 Å². The summed E-state index contributed by atoms with van der Waals surface area (Å²) in [6.45, 7) is 0. The van der Waals surface area contributed by atoms with Crippen LogP contribution in [0.1, 0.15) is 5.56 Å². The molecule has 2 heterocycles. The molecule has 4 nitrogen and oxygen atoms in total. The molecule has 0 amide bonds. The molecule has 16 heavy (non-hydrogen) atoms. The average molecular weight is 232 g/mol. The van der Waals surface area contributed by atoms with Gasteiger partial charge in [-0.25, -0.2) is 4.98 Å². The number of halogens is 1. The Morgan fingerprint density at radius 3 is 2.88 bits per heavy atom. The molecule has 0 aromatic carbocycles. The van der Waals surface area contributed by atoms with Crippen molar-refractivity contribution >= 4 is 11.6 Å². The number of hydrogen-bond donors (Lipinski definition) is 0. The lowest BCUT2D eigenvalue weighted by molar-refractivity contribution is 0.971. The van der Waals surface area contributed by atoms with Crippen molar-refractivity contribution in [3.05, 3.63) is 57.7 Å². The molecular weight excluding hydrogens is 226 g/mol. The highest BCUT2D eigenvalue weighted by Crippen LogP contribution is 2.14. The van der Waals surface area contributed by atoms with Crippen LogP contribution in [0.4, 0.5) is 0 Å². The van der Waals surface area contributed by atoms with Gasteiger partial charge in [0.15, 0.2) is 5.15 Å². The molecule has 0 unspecified atom stereocenters. The Bertz CT molecular complexity index is 628. The van der Waals surface area contributed by atoms with Gasteiger partial charge in [-0.05, 0) is 24.3 Å². The predicted molar refractivity (Wildman–Crippen MR) is 59.6 cm³/mol. The minimum absolute atomic E-state index is 0.0717. The van der Waals surface area contributed by atoms with Crippen molar-refractivity contribution in [3.8, 4) is 11.8 Å². The van der Waals surface area contributed by atoms with Crippen LogP contribution < -0.4 is 5.56 Å². The first kappa shape index (κ1) is 10.4. The fourth-order valence-electron chi connectivity index (χ4n) is 1.33. The molecule has 0 spiro atoms. The van der Waals surface area contributed by atoms with Crippen LogP contribution in [0.5, 0.6) is 0 Å². The molecule has 0 fully saturated rings. The topological polar surface area (TPSA) is 58.7 Å². The van der Waals surface area contributed by atoms with Gasteiger partial charge in [-0.1, -0.05) is 11.6 Å². The first-order valence-corrected chi connectivity index (χ1v) is 4.84. The monoisotopic (exact) mass is 231 g/mol. The van der Waals surface area contributed by atoms with E-state index in [1.165, 1.54) is 16.8 Å². The maximum absolute atomic E-state index is 11.8. The van der Waals surface area contributed by atoms with Gasteiger partial charge >= 0.3 is 0 Å². The minimum atomic E-state index is -0.403. The van der Waals surface area contributed by atoms with Crippen LogP contribution in [0.25, 0.3) is 5.69 Å². The zero-order valence-electron chi connectivity index (χ0n) is 8.09. The summed E-state index contributed by atoms with van der Waals surface area (Å²) in [6.07, 6.45) is 3.08. The Labute approximate surface area is 96.4 Å². The third-order valence-corrected chi connectivity index (χ3v) is 2.36. The van der Waals surface area contributed by atoms with Gasteiger partial charge in [-0.3, -0.25) is 9.36 Å². The summed E-state index contributed by atoms with van der Waals surface area (Å²) in [5.41, 5.74) is 0.133. The highest BCUT2D eigenvalue weighted by atomic mass is 35.5. The van der Waals surface area contributed by atoms with E-state index in [0.29, 0.717) is 5.69 Å². The zero-order chi connectivity index (χ0) is 11.5. The second kappa shape index (κ2) is 4.17. The van der Waals surface area contributed by atoms with Gasteiger partial charge in [-0.2, -0.15) is 5.26 Å². The Balaban J connectivity index is 2.72. The maximum Gasteiger partial charge on any atom is 0.273 e. The molecular formula is C11H6ClN3O. The molecule has 0 aliphatic carbocycles. The van der Waals surface area contributed by atoms with Gasteiger partial charge in [0, 0.05) is 12.4 Å². The Morgan fingerprint density at radius 1 is 1.38 bits per heavy atom. The second-order valence-electron chi connectivity index (χ2n) is 3.02. The van der Waals surface area contributed by atoms with Crippen LogP contribution in [-0.4, -0.2) is 9.55 Å². The van der Waals surface area contributed by atoms with Gasteiger partial charge in [0.05, 0.1) is 5.69 Å². The molecule has 2 aromatic heterocycles. The quantitative estimate of drug-likeness (QED) is 0.703. The molecule has 0 saturated carbocycles. The lowest BCUT2D eigenvalue weighted by atomic mass is 10.3. The molecule has 0 aliphatic heterocycles. The molecule has 0 radical (unpaired) electrons. The zero-order valence-corrected chi connectivity index (χ0v) is 8.85. The molecule has 0 N–H and O–H groups in total. The second-order valence-corrected chi connectivity index (χ2v) is 3.38. The van der Waals surface area contributed by atoms with E-state index in [9.17, 15) is 4.79 Å². The summed E-state index contributed by atoms with van der Waals surface area (Å²) >= 11 is 5.87. The molecule has 0 bridgehead atoms. The van der Waals surface area contributed by atoms with Crippen molar-refractivity contribution in [1.82, 2.24) is 9.55 Å². The van der Waals surface area contributed by atoms with Gasteiger partial charge in [0.25, 0.3) is 5.56 Å².